The third-order valence-electron chi connectivity index (χ3n) is 16.4. The van der Waals surface area contributed by atoms with Crippen LogP contribution in [0, 0.1) is 0 Å². The fourth-order valence-electron chi connectivity index (χ4n) is 12.0. The molecule has 1 aliphatic carbocycles. The minimum Gasteiger partial charge on any atom is -0.469 e. The van der Waals surface area contributed by atoms with Crippen LogP contribution in [0.5, 0.6) is 0 Å². The molecule has 11 aromatic rings. The quantitative estimate of drug-likeness (QED) is 0.180. The van der Waals surface area contributed by atoms with E-state index in [4.69, 9.17) is 8.83 Å². The molecule has 70 heavy (non-hydrogen) atoms. The molecule has 7 aromatic carbocycles. The number of thiophene rings is 1. The van der Waals surface area contributed by atoms with Gasteiger partial charge in [-0.05, 0) is 145 Å². The molecule has 4 aromatic heterocycles. The third kappa shape index (κ3) is 6.33. The van der Waals surface area contributed by atoms with E-state index >= 15 is 0 Å². The van der Waals surface area contributed by atoms with Crippen molar-refractivity contribution in [2.45, 2.75) is 130 Å². The molecule has 0 bridgehead atoms. The van der Waals surface area contributed by atoms with E-state index in [-0.39, 0.29) is 27.1 Å². The number of furan rings is 2. The Kier molecular flexibility index (Phi) is 8.89. The minimum absolute atomic E-state index is 0.0363. The molecule has 1 N–H and O–H groups in total. The van der Waals surface area contributed by atoms with Gasteiger partial charge in [-0.3, -0.25) is 0 Å². The summed E-state index contributed by atoms with van der Waals surface area (Å²) in [6.45, 7) is 30.4. The van der Waals surface area contributed by atoms with E-state index in [1.165, 1.54) is 66.2 Å². The van der Waals surface area contributed by atoms with Crippen molar-refractivity contribution in [2.75, 3.05) is 5.32 Å². The molecule has 0 atom stereocenters. The lowest BCUT2D eigenvalue weighted by molar-refractivity contribution is 0.332. The molecule has 349 valence electrons. The van der Waals surface area contributed by atoms with Gasteiger partial charge in [0.25, 0.3) is 0 Å². The Morgan fingerprint density at radius 3 is 1.87 bits per heavy atom. The van der Waals surface area contributed by atoms with E-state index in [0.29, 0.717) is 0 Å². The van der Waals surface area contributed by atoms with Crippen LogP contribution in [0.4, 0.5) is 11.4 Å². The number of hydrogen-bond donors (Lipinski definition) is 1. The zero-order valence-corrected chi connectivity index (χ0v) is 43.9. The van der Waals surface area contributed by atoms with Gasteiger partial charge in [-0.25, -0.2) is 0 Å². The van der Waals surface area contributed by atoms with Gasteiger partial charge in [0.1, 0.15) is 16.7 Å². The summed E-state index contributed by atoms with van der Waals surface area (Å²) in [5, 5.41) is 12.4. The number of hydrogen-bond acceptors (Lipinski definition) is 4. The van der Waals surface area contributed by atoms with Crippen LogP contribution in [0.3, 0.4) is 0 Å². The van der Waals surface area contributed by atoms with Gasteiger partial charge in [-0.15, -0.1) is 11.3 Å². The monoisotopic (exact) mass is 933 g/mol. The average Bonchev–Trinajstić information content (AvgIpc) is 4.05. The molecule has 13 rings (SSSR count). The lowest BCUT2D eigenvalue weighted by Gasteiger charge is -2.41. The minimum atomic E-state index is -0.0596. The molecule has 0 amide bonds. The van der Waals surface area contributed by atoms with Crippen molar-refractivity contribution in [2.24, 2.45) is 0 Å². The molecular formula is C64H62BN2O2S. The topological polar surface area (TPSA) is 43.2 Å². The van der Waals surface area contributed by atoms with Crippen LogP contribution in [0.25, 0.3) is 91.7 Å². The number of para-hydroxylation sites is 1. The molecule has 5 heterocycles. The Bertz CT molecular complexity index is 4050. The molecule has 0 saturated heterocycles. The highest BCUT2D eigenvalue weighted by Crippen LogP contribution is 2.53. The fraction of sp³-hybridized carbons (Fsp3) is 0.312. The summed E-state index contributed by atoms with van der Waals surface area (Å²) in [5.41, 5.74) is 19.5. The van der Waals surface area contributed by atoms with Crippen LogP contribution < -0.4 is 16.4 Å². The van der Waals surface area contributed by atoms with Gasteiger partial charge in [-0.1, -0.05) is 132 Å². The summed E-state index contributed by atoms with van der Waals surface area (Å²) in [6.07, 6.45) is 2.36. The standard InChI is InChI=1S/C64H62BN2O2S/c1-60(2,3)34-18-22-37(23-19-34)66-46-31-40-39-30-44-45(64(12,13)27-26-63(44,10)11)33-51(39)70-50(40)32-41(46)52-53-38-16-14-15-17-48(38)68-58(53)54-42-28-35(61(4,5)6)20-24-47(42)67-56-43-29-36(62(7,8)9)21-25-49(43)69-59(56)65-55(52)57(54)67/h14-25,28-33,66H,26-27H2,1-13H3. The van der Waals surface area contributed by atoms with Gasteiger partial charge in [0.2, 0.25) is 7.28 Å². The van der Waals surface area contributed by atoms with Crippen molar-refractivity contribution >= 4 is 116 Å². The summed E-state index contributed by atoms with van der Waals surface area (Å²) < 4.78 is 19.5. The summed E-state index contributed by atoms with van der Waals surface area (Å²) in [4.78, 5) is 0. The molecule has 0 fully saturated rings. The van der Waals surface area contributed by atoms with Crippen molar-refractivity contribution in [3.63, 3.8) is 0 Å². The molecule has 0 unspecified atom stereocenters. The van der Waals surface area contributed by atoms with E-state index in [9.17, 15) is 0 Å². The van der Waals surface area contributed by atoms with Crippen LogP contribution in [0.1, 0.15) is 131 Å². The maximum Gasteiger partial charge on any atom is 0.247 e. The third-order valence-corrected chi connectivity index (χ3v) is 17.5. The molecule has 1 radical (unpaired) electrons. The Labute approximate surface area is 416 Å². The lowest BCUT2D eigenvalue weighted by atomic mass is 9.61. The molecule has 0 saturated carbocycles. The van der Waals surface area contributed by atoms with E-state index < -0.39 is 0 Å². The zero-order chi connectivity index (χ0) is 48.8. The van der Waals surface area contributed by atoms with Crippen LogP contribution >= 0.6 is 11.3 Å². The second-order valence-electron chi connectivity index (χ2n) is 25.2. The average molecular weight is 934 g/mol. The van der Waals surface area contributed by atoms with Crippen molar-refractivity contribution in [3.05, 3.63) is 137 Å². The number of fused-ring (bicyclic) bond motifs is 15. The largest absolute Gasteiger partial charge is 0.469 e. The number of aromatic nitrogens is 1. The number of benzene rings is 7. The van der Waals surface area contributed by atoms with Crippen LogP contribution in [0.2, 0.25) is 0 Å². The Morgan fingerprint density at radius 1 is 0.571 bits per heavy atom. The van der Waals surface area contributed by atoms with Crippen molar-refractivity contribution in [1.29, 1.82) is 0 Å². The number of rotatable bonds is 3. The predicted molar refractivity (Wildman–Crippen MR) is 302 cm³/mol. The highest BCUT2D eigenvalue weighted by molar-refractivity contribution is 7.25. The summed E-state index contributed by atoms with van der Waals surface area (Å²) in [5.74, 6) is 0. The predicted octanol–water partition coefficient (Wildman–Crippen LogP) is 17.4. The number of anilines is 2. The second-order valence-corrected chi connectivity index (χ2v) is 26.2. The first-order valence-electron chi connectivity index (χ1n) is 25.4. The zero-order valence-electron chi connectivity index (χ0n) is 43.1. The maximum atomic E-state index is 7.29. The van der Waals surface area contributed by atoms with Gasteiger partial charge in [0, 0.05) is 58.7 Å². The highest BCUT2D eigenvalue weighted by atomic mass is 32.1. The number of nitrogens with zero attached hydrogens (tertiary/aromatic N) is 1. The molecule has 0 spiro atoms. The lowest BCUT2D eigenvalue weighted by Crippen LogP contribution is -2.36. The summed E-state index contributed by atoms with van der Waals surface area (Å²) in [6, 6.07) is 41.6. The van der Waals surface area contributed by atoms with Gasteiger partial charge in [0.05, 0.1) is 27.8 Å². The van der Waals surface area contributed by atoms with E-state index in [0.717, 1.165) is 88.6 Å². The van der Waals surface area contributed by atoms with Gasteiger partial charge in [-0.2, -0.15) is 0 Å². The molecular weight excluding hydrogens is 872 g/mol. The van der Waals surface area contributed by atoms with Crippen LogP contribution in [-0.4, -0.2) is 11.8 Å². The van der Waals surface area contributed by atoms with Crippen molar-refractivity contribution in [3.8, 4) is 16.8 Å². The molecule has 6 heteroatoms. The van der Waals surface area contributed by atoms with Crippen molar-refractivity contribution in [1.82, 2.24) is 4.57 Å². The van der Waals surface area contributed by atoms with Crippen LogP contribution in [-0.2, 0) is 27.1 Å². The smallest absolute Gasteiger partial charge is 0.247 e. The molecule has 2 aliphatic rings. The molecule has 1 aliphatic heterocycles. The first-order chi connectivity index (χ1) is 33.0. The molecule has 4 nitrogen and oxygen atoms in total. The Balaban J connectivity index is 1.19. The Morgan fingerprint density at radius 2 is 1.17 bits per heavy atom. The fourth-order valence-corrected chi connectivity index (χ4v) is 13.2. The first-order valence-corrected chi connectivity index (χ1v) is 26.2. The Hall–Kier alpha value is -6.24. The normalized spacial score (nSPS) is 15.7. The first kappa shape index (κ1) is 43.8. The van der Waals surface area contributed by atoms with Gasteiger partial charge in [0.15, 0.2) is 0 Å². The highest BCUT2D eigenvalue weighted by Gasteiger charge is 2.39. The van der Waals surface area contributed by atoms with Gasteiger partial charge >= 0.3 is 0 Å². The summed E-state index contributed by atoms with van der Waals surface area (Å²) >= 11 is 1.93. The summed E-state index contributed by atoms with van der Waals surface area (Å²) in [7, 11) is 2.35. The van der Waals surface area contributed by atoms with E-state index in [1.807, 2.05) is 11.3 Å². The van der Waals surface area contributed by atoms with Crippen LogP contribution in [0.15, 0.2) is 118 Å². The van der Waals surface area contributed by atoms with E-state index in [1.54, 1.807) is 0 Å². The number of nitrogens with one attached hydrogen (secondary N) is 1. The van der Waals surface area contributed by atoms with Gasteiger partial charge < -0.3 is 18.7 Å². The maximum absolute atomic E-state index is 7.29. The SMILES string of the molecule is CC(C)(C)c1ccc(Nc2cc3c(cc2-c2c4c5c(c6cc(C(C)(C)C)ccc6n5-c5c(oc6ccc(C(C)(C)C)cc56)[B]4)c4oc5ccccc5c24)sc2cc4c(cc23)C(C)(C)CCC4(C)C)cc1. The van der Waals surface area contributed by atoms with E-state index in [2.05, 4.69) is 216 Å². The van der Waals surface area contributed by atoms with Crippen molar-refractivity contribution < 1.29 is 8.83 Å². The second kappa shape index (κ2) is 14.2.